The lowest BCUT2D eigenvalue weighted by atomic mass is 9.89. The van der Waals surface area contributed by atoms with E-state index in [-0.39, 0.29) is 94.5 Å². The van der Waals surface area contributed by atoms with Crippen molar-refractivity contribution in [3.8, 4) is 11.5 Å². The summed E-state index contributed by atoms with van der Waals surface area (Å²) in [4.78, 5) is 12.0. The Morgan fingerprint density at radius 3 is 1.87 bits per heavy atom. The lowest BCUT2D eigenvalue weighted by molar-refractivity contribution is -0.0168. The smallest absolute Gasteiger partial charge is 0.266 e. The van der Waals surface area contributed by atoms with Crippen molar-refractivity contribution in [3.63, 3.8) is 0 Å². The molecule has 2 aliphatic carbocycles. The Morgan fingerprint density at radius 1 is 0.701 bits per heavy atom. The minimum Gasteiger partial charge on any atom is -0.487 e. The number of rotatable bonds is 8. The number of aliphatic hydroxyl groups is 4. The van der Waals surface area contributed by atoms with E-state index in [0.717, 1.165) is 30.9 Å². The molecule has 9 unspecified atom stereocenters. The maximum absolute atomic E-state index is 14.8. The normalized spacial score (nSPS) is 26.0. The first-order valence-corrected chi connectivity index (χ1v) is 21.4. The molecule has 4 aromatic heterocycles. The van der Waals surface area contributed by atoms with Crippen molar-refractivity contribution >= 4 is 33.6 Å². The zero-order valence-electron chi connectivity index (χ0n) is 35.4. The minimum absolute atomic E-state index is 0.00854. The standard InChI is InChI=1S/C22H23F4N5O3.C22H22F4N4O3/c1-8-4-28-5-10-13(2-9(20(25)26)17(24)15(8)10)34-14-3-12(18(32)19(14)33)31-6-11(23)16-21(27)29-7-30-22(16)31;23-12-8-30(22-17(12)13(27)2-4-29-22)14-6-16(20(32)19(14)31)33-15-5-10(21(25)26)18(24)9-1-3-28-7-11(9)15/h2,6-8,12,14,18-20,28,32-33H,3-5H2,1H3,(H2,27,29,30);2,4-5,8,14,16,19-21,28,31-32H,1,3,6-7H2,(H2,27,29). The number of nitrogens with two attached hydrogens (primary N) is 2. The van der Waals surface area contributed by atoms with Crippen LogP contribution in [0, 0.1) is 23.3 Å². The van der Waals surface area contributed by atoms with Gasteiger partial charge in [-0.05, 0) is 42.6 Å². The highest BCUT2D eigenvalue weighted by Gasteiger charge is 2.47. The summed E-state index contributed by atoms with van der Waals surface area (Å²) in [6, 6.07) is 1.70. The summed E-state index contributed by atoms with van der Waals surface area (Å²) in [6.45, 7) is 2.99. The van der Waals surface area contributed by atoms with Crippen molar-refractivity contribution in [2.45, 2.75) is 107 Å². The molecule has 0 saturated heterocycles. The van der Waals surface area contributed by atoms with Crippen molar-refractivity contribution in [2.75, 3.05) is 24.6 Å². The summed E-state index contributed by atoms with van der Waals surface area (Å²) in [5, 5.41) is 49.0. The minimum atomic E-state index is -3.05. The van der Waals surface area contributed by atoms with Crippen molar-refractivity contribution in [1.29, 1.82) is 0 Å². The van der Waals surface area contributed by atoms with Crippen LogP contribution in [-0.2, 0) is 19.5 Å². The quantitative estimate of drug-likeness (QED) is 0.0927. The number of fused-ring (bicyclic) bond motifs is 4. The monoisotopic (exact) mass is 947 g/mol. The number of nitrogens with one attached hydrogen (secondary N) is 2. The third-order valence-corrected chi connectivity index (χ3v) is 13.2. The molecule has 10 N–H and O–H groups in total. The van der Waals surface area contributed by atoms with Gasteiger partial charge in [0.25, 0.3) is 12.9 Å². The number of anilines is 2. The second-order valence-electron chi connectivity index (χ2n) is 17.2. The maximum atomic E-state index is 14.8. The summed E-state index contributed by atoms with van der Waals surface area (Å²) in [5.41, 5.74) is 11.7. The lowest BCUT2D eigenvalue weighted by Gasteiger charge is -2.29. The molecule has 358 valence electrons. The molecule has 23 heteroatoms. The van der Waals surface area contributed by atoms with Gasteiger partial charge in [0.05, 0.1) is 34.0 Å². The van der Waals surface area contributed by atoms with E-state index in [1.165, 1.54) is 21.4 Å². The van der Waals surface area contributed by atoms with Crippen LogP contribution in [0.2, 0.25) is 0 Å². The van der Waals surface area contributed by atoms with Crippen LogP contribution in [0.25, 0.3) is 22.1 Å². The van der Waals surface area contributed by atoms with Gasteiger partial charge in [-0.1, -0.05) is 6.92 Å². The van der Waals surface area contributed by atoms with Gasteiger partial charge >= 0.3 is 0 Å². The Bertz CT molecular complexity index is 2850. The van der Waals surface area contributed by atoms with Crippen LogP contribution in [0.4, 0.5) is 46.6 Å². The largest absolute Gasteiger partial charge is 0.487 e. The molecular weight excluding hydrogens is 903 g/mol. The molecule has 4 aliphatic rings. The van der Waals surface area contributed by atoms with Crippen molar-refractivity contribution < 1.29 is 65.0 Å². The molecular formula is C44H45F8N9O6. The topological polar surface area (TPSA) is 224 Å². The number of pyridine rings is 1. The van der Waals surface area contributed by atoms with E-state index >= 15 is 0 Å². The van der Waals surface area contributed by atoms with E-state index in [1.54, 1.807) is 6.92 Å². The molecule has 0 radical (unpaired) electrons. The molecule has 67 heavy (non-hydrogen) atoms. The van der Waals surface area contributed by atoms with E-state index in [0.29, 0.717) is 24.2 Å². The average molecular weight is 948 g/mol. The Labute approximate surface area is 375 Å². The maximum Gasteiger partial charge on any atom is 0.266 e. The Kier molecular flexibility index (Phi) is 12.4. The molecule has 6 heterocycles. The molecule has 0 spiro atoms. The van der Waals surface area contributed by atoms with E-state index in [9.17, 15) is 55.5 Å². The fraction of sp³-hybridized carbons (Fsp3) is 0.432. The van der Waals surface area contributed by atoms with Gasteiger partial charge < -0.3 is 61.1 Å². The first-order valence-electron chi connectivity index (χ1n) is 21.4. The van der Waals surface area contributed by atoms with Crippen LogP contribution in [-0.4, -0.2) is 94.2 Å². The van der Waals surface area contributed by atoms with Crippen molar-refractivity contribution in [1.82, 2.24) is 34.7 Å². The third kappa shape index (κ3) is 8.03. The van der Waals surface area contributed by atoms with Crippen LogP contribution in [0.1, 0.15) is 84.0 Å². The van der Waals surface area contributed by atoms with Gasteiger partial charge in [-0.2, -0.15) is 0 Å². The number of aliphatic hydroxyl groups excluding tert-OH is 4. The van der Waals surface area contributed by atoms with Crippen LogP contribution in [0.15, 0.2) is 43.1 Å². The molecule has 2 aliphatic heterocycles. The van der Waals surface area contributed by atoms with Crippen LogP contribution >= 0.6 is 0 Å². The lowest BCUT2D eigenvalue weighted by Crippen LogP contribution is -2.35. The van der Waals surface area contributed by atoms with E-state index in [1.807, 2.05) is 0 Å². The van der Waals surface area contributed by atoms with E-state index in [2.05, 4.69) is 25.6 Å². The number of hydrogen-bond acceptors (Lipinski definition) is 13. The molecule has 2 saturated carbocycles. The number of hydrogen-bond donors (Lipinski definition) is 8. The molecule has 6 aromatic rings. The summed E-state index contributed by atoms with van der Waals surface area (Å²) < 4.78 is 127. The summed E-state index contributed by atoms with van der Waals surface area (Å²) in [6.07, 6.45) is -8.59. The predicted octanol–water partition coefficient (Wildman–Crippen LogP) is 5.14. The van der Waals surface area contributed by atoms with Gasteiger partial charge in [0.15, 0.2) is 11.6 Å². The summed E-state index contributed by atoms with van der Waals surface area (Å²) >= 11 is 0. The number of aromatic nitrogens is 5. The zero-order valence-corrected chi connectivity index (χ0v) is 35.4. The average Bonchev–Trinajstić information content (AvgIpc) is 4.00. The van der Waals surface area contributed by atoms with Crippen LogP contribution < -0.4 is 31.6 Å². The number of nitrogens with zero attached hydrogens (tertiary/aromatic N) is 5. The Hall–Kier alpha value is -5.85. The Balaban J connectivity index is 0.000000168. The zero-order chi connectivity index (χ0) is 47.7. The highest BCUT2D eigenvalue weighted by molar-refractivity contribution is 5.89. The third-order valence-electron chi connectivity index (χ3n) is 13.2. The molecule has 9 atom stereocenters. The number of benzene rings is 2. The second kappa shape index (κ2) is 18.0. The Morgan fingerprint density at radius 2 is 1.25 bits per heavy atom. The van der Waals surface area contributed by atoms with Crippen molar-refractivity contribution in [2.24, 2.45) is 0 Å². The molecule has 0 amide bonds. The van der Waals surface area contributed by atoms with Gasteiger partial charge in [0.1, 0.15) is 83.2 Å². The summed E-state index contributed by atoms with van der Waals surface area (Å²) in [7, 11) is 0. The number of ether oxygens (including phenoxy) is 2. The molecule has 15 nitrogen and oxygen atoms in total. The van der Waals surface area contributed by atoms with E-state index < -0.39 is 96.0 Å². The summed E-state index contributed by atoms with van der Waals surface area (Å²) in [5.74, 6) is -3.61. The first-order chi connectivity index (χ1) is 32.0. The fourth-order valence-corrected chi connectivity index (χ4v) is 9.85. The van der Waals surface area contributed by atoms with Gasteiger partial charge in [0.2, 0.25) is 0 Å². The number of nitrogen functional groups attached to an aromatic ring is 2. The fourth-order valence-electron chi connectivity index (χ4n) is 9.85. The predicted molar refractivity (Wildman–Crippen MR) is 224 cm³/mol. The van der Waals surface area contributed by atoms with Crippen LogP contribution in [0.3, 0.4) is 0 Å². The molecule has 10 rings (SSSR count). The van der Waals surface area contributed by atoms with Crippen LogP contribution in [0.5, 0.6) is 11.5 Å². The van der Waals surface area contributed by atoms with Gasteiger partial charge in [-0.15, -0.1) is 0 Å². The highest BCUT2D eigenvalue weighted by atomic mass is 19.3. The second-order valence-corrected chi connectivity index (χ2v) is 17.2. The van der Waals surface area contributed by atoms with Gasteiger partial charge in [-0.25, -0.2) is 50.1 Å². The highest BCUT2D eigenvalue weighted by Crippen LogP contribution is 2.44. The van der Waals surface area contributed by atoms with Gasteiger partial charge in [-0.3, -0.25) is 0 Å². The number of alkyl halides is 4. The first kappa shape index (κ1) is 46.3. The molecule has 2 aromatic carbocycles. The van der Waals surface area contributed by atoms with Gasteiger partial charge in [0, 0.05) is 73.4 Å². The molecule has 0 bridgehead atoms. The van der Waals surface area contributed by atoms with Crippen molar-refractivity contribution in [3.05, 3.63) is 99.8 Å². The molecule has 2 fully saturated rings. The number of halogens is 8. The van der Waals surface area contributed by atoms with E-state index in [4.69, 9.17) is 20.9 Å². The SMILES string of the molecule is CC1CNCc2c(OC3CC(n4cc(F)c5c(N)ncnc54)C(O)C3O)cc(C(F)F)c(F)c21.Nc1ccnc2c1c(F)cn2C1CC(Oc2cc(C(F)F)c(F)c3c2CNCC3)C(O)C1O.